The van der Waals surface area contributed by atoms with Crippen molar-refractivity contribution in [1.82, 2.24) is 28.5 Å². The SMILES string of the molecule is COc1cn(-c2ccccc2)nc1C(=O)OCCn1cnc2c1c(=O)n(C)c(=O)n2C. The number of rotatable bonds is 6. The average molecular weight is 424 g/mol. The van der Waals surface area contributed by atoms with Crippen molar-refractivity contribution in [3.05, 3.63) is 69.4 Å². The summed E-state index contributed by atoms with van der Waals surface area (Å²) in [5.41, 5.74) is 0.404. The Balaban J connectivity index is 1.52. The molecule has 4 rings (SSSR count). The lowest BCUT2D eigenvalue weighted by Gasteiger charge is -2.07. The summed E-state index contributed by atoms with van der Waals surface area (Å²) in [5, 5.41) is 4.27. The Labute approximate surface area is 175 Å². The van der Waals surface area contributed by atoms with Gasteiger partial charge >= 0.3 is 11.7 Å². The summed E-state index contributed by atoms with van der Waals surface area (Å²) in [7, 11) is 4.38. The maximum Gasteiger partial charge on any atom is 0.362 e. The first-order valence-electron chi connectivity index (χ1n) is 9.39. The normalized spacial score (nSPS) is 11.1. The molecule has 0 saturated heterocycles. The van der Waals surface area contributed by atoms with Gasteiger partial charge in [-0.15, -0.1) is 0 Å². The molecule has 4 aromatic rings. The molecule has 3 aromatic heterocycles. The first kappa shape index (κ1) is 20.1. The van der Waals surface area contributed by atoms with Crippen LogP contribution in [0.5, 0.6) is 5.75 Å². The molecule has 0 atom stereocenters. The molecule has 31 heavy (non-hydrogen) atoms. The number of para-hydroxylation sites is 1. The lowest BCUT2D eigenvalue weighted by atomic mass is 10.3. The van der Waals surface area contributed by atoms with Gasteiger partial charge in [-0.05, 0) is 12.1 Å². The zero-order chi connectivity index (χ0) is 22.1. The molecule has 0 unspecified atom stereocenters. The third-order valence-electron chi connectivity index (χ3n) is 4.90. The van der Waals surface area contributed by atoms with Crippen LogP contribution in [0.2, 0.25) is 0 Å². The van der Waals surface area contributed by atoms with Crippen LogP contribution in [-0.2, 0) is 25.4 Å². The number of hydrogen-bond donors (Lipinski definition) is 0. The molecule has 0 N–H and O–H groups in total. The fraction of sp³-hybridized carbons (Fsp3) is 0.250. The Bertz CT molecular complexity index is 1380. The molecule has 160 valence electrons. The summed E-state index contributed by atoms with van der Waals surface area (Å²) < 4.78 is 16.0. The number of ether oxygens (including phenoxy) is 2. The quantitative estimate of drug-likeness (QED) is 0.414. The van der Waals surface area contributed by atoms with E-state index in [0.29, 0.717) is 0 Å². The first-order valence-corrected chi connectivity index (χ1v) is 9.39. The Hall–Kier alpha value is -4.15. The van der Waals surface area contributed by atoms with Crippen molar-refractivity contribution in [2.75, 3.05) is 13.7 Å². The smallest absolute Gasteiger partial charge is 0.362 e. The van der Waals surface area contributed by atoms with E-state index in [4.69, 9.17) is 9.47 Å². The van der Waals surface area contributed by atoms with E-state index in [2.05, 4.69) is 10.1 Å². The second-order valence-corrected chi connectivity index (χ2v) is 6.78. The second kappa shape index (κ2) is 7.94. The van der Waals surface area contributed by atoms with E-state index in [0.717, 1.165) is 10.3 Å². The molecule has 0 aliphatic carbocycles. The molecule has 0 saturated carbocycles. The molecule has 0 aliphatic heterocycles. The largest absolute Gasteiger partial charge is 0.493 e. The van der Waals surface area contributed by atoms with Gasteiger partial charge in [0, 0.05) is 14.1 Å². The van der Waals surface area contributed by atoms with Crippen LogP contribution in [-0.4, -0.2) is 48.2 Å². The van der Waals surface area contributed by atoms with E-state index < -0.39 is 17.2 Å². The second-order valence-electron chi connectivity index (χ2n) is 6.78. The van der Waals surface area contributed by atoms with E-state index in [1.165, 1.54) is 36.8 Å². The number of carbonyl (C=O) groups excluding carboxylic acids is 1. The van der Waals surface area contributed by atoms with E-state index in [9.17, 15) is 14.4 Å². The minimum atomic E-state index is -0.656. The van der Waals surface area contributed by atoms with Crippen LogP contribution in [0.3, 0.4) is 0 Å². The maximum absolute atomic E-state index is 12.6. The molecule has 0 radical (unpaired) electrons. The van der Waals surface area contributed by atoms with Crippen molar-refractivity contribution in [2.24, 2.45) is 14.1 Å². The van der Waals surface area contributed by atoms with Crippen LogP contribution in [0.1, 0.15) is 10.5 Å². The highest BCUT2D eigenvalue weighted by atomic mass is 16.5. The van der Waals surface area contributed by atoms with Gasteiger partial charge in [0.2, 0.25) is 5.69 Å². The monoisotopic (exact) mass is 424 g/mol. The average Bonchev–Trinajstić information content (AvgIpc) is 3.41. The minimum Gasteiger partial charge on any atom is -0.493 e. The lowest BCUT2D eigenvalue weighted by molar-refractivity contribution is 0.0481. The van der Waals surface area contributed by atoms with Crippen molar-refractivity contribution < 1.29 is 14.3 Å². The van der Waals surface area contributed by atoms with Crippen LogP contribution in [0.4, 0.5) is 0 Å². The minimum absolute atomic E-state index is 0.0301. The van der Waals surface area contributed by atoms with Crippen LogP contribution in [0.25, 0.3) is 16.9 Å². The number of esters is 1. The van der Waals surface area contributed by atoms with Crippen LogP contribution >= 0.6 is 0 Å². The molecular formula is C20H20N6O5. The third kappa shape index (κ3) is 3.50. The number of fused-ring (bicyclic) bond motifs is 1. The highest BCUT2D eigenvalue weighted by molar-refractivity contribution is 5.90. The summed E-state index contributed by atoms with van der Waals surface area (Å²) in [6.07, 6.45) is 3.03. The zero-order valence-electron chi connectivity index (χ0n) is 17.2. The summed E-state index contributed by atoms with van der Waals surface area (Å²) in [6.45, 7) is 0.148. The fourth-order valence-electron chi connectivity index (χ4n) is 3.23. The number of benzene rings is 1. The van der Waals surface area contributed by atoms with Crippen molar-refractivity contribution >= 4 is 17.1 Å². The van der Waals surface area contributed by atoms with Crippen LogP contribution in [0, 0.1) is 0 Å². The van der Waals surface area contributed by atoms with Gasteiger partial charge in [-0.2, -0.15) is 5.10 Å². The highest BCUT2D eigenvalue weighted by Gasteiger charge is 2.20. The molecule has 0 fully saturated rings. The van der Waals surface area contributed by atoms with E-state index >= 15 is 0 Å². The van der Waals surface area contributed by atoms with Gasteiger partial charge in [0.25, 0.3) is 5.56 Å². The van der Waals surface area contributed by atoms with Crippen molar-refractivity contribution in [3.8, 4) is 11.4 Å². The van der Waals surface area contributed by atoms with Gasteiger partial charge in [-0.3, -0.25) is 13.9 Å². The third-order valence-corrected chi connectivity index (χ3v) is 4.90. The molecule has 3 heterocycles. The summed E-state index contributed by atoms with van der Waals surface area (Å²) in [6, 6.07) is 9.29. The molecule has 0 aliphatic rings. The highest BCUT2D eigenvalue weighted by Crippen LogP contribution is 2.20. The number of aryl methyl sites for hydroxylation is 1. The van der Waals surface area contributed by atoms with Crippen molar-refractivity contribution in [1.29, 1.82) is 0 Å². The predicted molar refractivity (Wildman–Crippen MR) is 111 cm³/mol. The number of hydrogen-bond acceptors (Lipinski definition) is 7. The number of imidazole rings is 1. The topological polar surface area (TPSA) is 115 Å². The van der Waals surface area contributed by atoms with Crippen molar-refractivity contribution in [3.63, 3.8) is 0 Å². The van der Waals surface area contributed by atoms with Gasteiger partial charge in [-0.1, -0.05) is 18.2 Å². The van der Waals surface area contributed by atoms with Gasteiger partial charge < -0.3 is 14.0 Å². The molecule has 0 bridgehead atoms. The molecule has 11 heteroatoms. The van der Waals surface area contributed by atoms with Crippen LogP contribution in [0.15, 0.2) is 52.4 Å². The number of carbonyl (C=O) groups is 1. The van der Waals surface area contributed by atoms with Gasteiger partial charge in [0.15, 0.2) is 16.9 Å². The standard InChI is InChI=1S/C20H20N6O5/c1-23-17-16(18(27)24(2)20(23)29)25(12-21-17)9-10-31-19(28)15-14(30-3)11-26(22-15)13-7-5-4-6-8-13/h4-8,11-12H,9-10H2,1-3H3. The Kier molecular flexibility index (Phi) is 5.15. The fourth-order valence-corrected chi connectivity index (χ4v) is 3.23. The molecule has 1 aromatic carbocycles. The molecular weight excluding hydrogens is 404 g/mol. The first-order chi connectivity index (χ1) is 14.9. The molecule has 0 amide bonds. The summed E-state index contributed by atoms with van der Waals surface area (Å²) in [4.78, 5) is 41.2. The Morgan fingerprint density at radius 1 is 1.10 bits per heavy atom. The molecule has 11 nitrogen and oxygen atoms in total. The van der Waals surface area contributed by atoms with E-state index in [1.807, 2.05) is 30.3 Å². The van der Waals surface area contributed by atoms with Crippen molar-refractivity contribution in [2.45, 2.75) is 6.54 Å². The van der Waals surface area contributed by atoms with Crippen LogP contribution < -0.4 is 16.0 Å². The number of nitrogens with zero attached hydrogens (tertiary/aromatic N) is 6. The summed E-state index contributed by atoms with van der Waals surface area (Å²) >= 11 is 0. The van der Waals surface area contributed by atoms with Gasteiger partial charge in [0.1, 0.15) is 6.61 Å². The summed E-state index contributed by atoms with van der Waals surface area (Å²) in [5.74, 6) is -0.373. The Morgan fingerprint density at radius 3 is 2.55 bits per heavy atom. The maximum atomic E-state index is 12.6. The Morgan fingerprint density at radius 2 is 1.84 bits per heavy atom. The number of aromatic nitrogens is 6. The number of methoxy groups -OCH3 is 1. The predicted octanol–water partition coefficient (Wildman–Crippen LogP) is 0.485. The van der Waals surface area contributed by atoms with E-state index in [-0.39, 0.29) is 35.8 Å². The zero-order valence-corrected chi connectivity index (χ0v) is 17.2. The lowest BCUT2D eigenvalue weighted by Crippen LogP contribution is -2.37. The van der Waals surface area contributed by atoms with Gasteiger partial charge in [-0.25, -0.2) is 19.3 Å². The van der Waals surface area contributed by atoms with Gasteiger partial charge in [0.05, 0.1) is 31.9 Å². The molecule has 0 spiro atoms. The van der Waals surface area contributed by atoms with E-state index in [1.54, 1.807) is 10.8 Å².